The first kappa shape index (κ1) is 14.1. The molecule has 106 valence electrons. The number of anilines is 1. The molecule has 0 radical (unpaired) electrons. The number of hydrogen-bond donors (Lipinski definition) is 3. The van der Waals surface area contributed by atoms with Crippen LogP contribution in [-0.2, 0) is 21.2 Å². The average molecular weight is 294 g/mol. The number of aryl methyl sites for hydroxylation is 1. The van der Waals surface area contributed by atoms with E-state index >= 15 is 0 Å². The zero-order valence-corrected chi connectivity index (χ0v) is 11.4. The zero-order chi connectivity index (χ0) is 14.6. The van der Waals surface area contributed by atoms with Crippen LogP contribution in [0, 0.1) is 0 Å². The number of carbonyl (C=O) groups is 1. The van der Waals surface area contributed by atoms with Crippen molar-refractivity contribution in [3.05, 3.63) is 48.3 Å². The molecular formula is C13H14N2O4S. The van der Waals surface area contributed by atoms with Crippen LogP contribution >= 0.6 is 0 Å². The number of aliphatic carboxylic acids is 1. The first-order valence-corrected chi connectivity index (χ1v) is 7.42. The normalized spacial score (nSPS) is 11.2. The Kier molecular flexibility index (Phi) is 4.09. The number of hydrogen-bond acceptors (Lipinski definition) is 3. The Morgan fingerprint density at radius 3 is 2.65 bits per heavy atom. The van der Waals surface area contributed by atoms with E-state index in [1.165, 1.54) is 18.5 Å². The monoisotopic (exact) mass is 294 g/mol. The van der Waals surface area contributed by atoms with Crippen LogP contribution in [0.15, 0.2) is 47.6 Å². The molecule has 0 bridgehead atoms. The molecular weight excluding hydrogens is 280 g/mol. The number of para-hydroxylation sites is 1. The van der Waals surface area contributed by atoms with Crippen molar-refractivity contribution < 1.29 is 18.3 Å². The van der Waals surface area contributed by atoms with E-state index in [2.05, 4.69) is 9.71 Å². The number of carboxylic acid groups (broad SMARTS) is 1. The maximum Gasteiger partial charge on any atom is 0.303 e. The van der Waals surface area contributed by atoms with Gasteiger partial charge in [-0.2, -0.15) is 0 Å². The summed E-state index contributed by atoms with van der Waals surface area (Å²) in [4.78, 5) is 13.4. The van der Waals surface area contributed by atoms with Gasteiger partial charge in [0.1, 0.15) is 4.90 Å². The predicted molar refractivity (Wildman–Crippen MR) is 74.0 cm³/mol. The van der Waals surface area contributed by atoms with E-state index in [4.69, 9.17) is 5.11 Å². The van der Waals surface area contributed by atoms with Gasteiger partial charge in [0.2, 0.25) is 0 Å². The molecule has 0 aliphatic rings. The Labute approximate surface area is 116 Å². The molecule has 1 heterocycles. The molecule has 3 N–H and O–H groups in total. The molecule has 0 spiro atoms. The summed E-state index contributed by atoms with van der Waals surface area (Å²) < 4.78 is 26.7. The highest BCUT2D eigenvalue weighted by Gasteiger charge is 2.16. The summed E-state index contributed by atoms with van der Waals surface area (Å²) in [5.74, 6) is -0.923. The van der Waals surface area contributed by atoms with Gasteiger partial charge in [0.15, 0.2) is 0 Å². The largest absolute Gasteiger partial charge is 0.481 e. The third-order valence-corrected chi connectivity index (χ3v) is 4.11. The third kappa shape index (κ3) is 3.39. The number of nitrogens with one attached hydrogen (secondary N) is 2. The van der Waals surface area contributed by atoms with Crippen molar-refractivity contribution in [2.75, 3.05) is 4.72 Å². The topological polar surface area (TPSA) is 99.3 Å². The fraction of sp³-hybridized carbons (Fsp3) is 0.154. The summed E-state index contributed by atoms with van der Waals surface area (Å²) in [6, 6.07) is 8.20. The van der Waals surface area contributed by atoms with Crippen molar-refractivity contribution in [1.29, 1.82) is 0 Å². The highest BCUT2D eigenvalue weighted by atomic mass is 32.2. The fourth-order valence-electron chi connectivity index (χ4n) is 1.76. The molecule has 6 nitrogen and oxygen atoms in total. The van der Waals surface area contributed by atoms with Crippen molar-refractivity contribution in [2.45, 2.75) is 17.7 Å². The molecule has 2 aromatic rings. The second-order valence-electron chi connectivity index (χ2n) is 4.20. The van der Waals surface area contributed by atoms with E-state index < -0.39 is 16.0 Å². The molecule has 20 heavy (non-hydrogen) atoms. The highest BCUT2D eigenvalue weighted by Crippen LogP contribution is 2.21. The molecule has 0 atom stereocenters. The molecule has 0 amide bonds. The lowest BCUT2D eigenvalue weighted by Gasteiger charge is -2.11. The van der Waals surface area contributed by atoms with Gasteiger partial charge in [0.25, 0.3) is 10.0 Å². The van der Waals surface area contributed by atoms with E-state index in [9.17, 15) is 13.2 Å². The van der Waals surface area contributed by atoms with Crippen LogP contribution in [0.1, 0.15) is 12.0 Å². The Balaban J connectivity index is 2.23. The minimum absolute atomic E-state index is 0.0527. The molecule has 0 saturated heterocycles. The van der Waals surface area contributed by atoms with Crippen LogP contribution in [0.5, 0.6) is 0 Å². The van der Waals surface area contributed by atoms with Gasteiger partial charge < -0.3 is 10.1 Å². The van der Waals surface area contributed by atoms with Crippen LogP contribution in [-0.4, -0.2) is 24.5 Å². The zero-order valence-electron chi connectivity index (χ0n) is 10.5. The number of rotatable bonds is 6. The van der Waals surface area contributed by atoms with Crippen molar-refractivity contribution in [2.24, 2.45) is 0 Å². The van der Waals surface area contributed by atoms with E-state index in [0.717, 1.165) is 0 Å². The Morgan fingerprint density at radius 2 is 2.00 bits per heavy atom. The highest BCUT2D eigenvalue weighted by molar-refractivity contribution is 7.92. The van der Waals surface area contributed by atoms with Gasteiger partial charge >= 0.3 is 5.97 Å². The Morgan fingerprint density at radius 1 is 1.25 bits per heavy atom. The molecule has 0 aliphatic carbocycles. The number of carboxylic acids is 1. The number of aromatic nitrogens is 1. The maximum atomic E-state index is 12.1. The molecule has 0 saturated carbocycles. The Bertz CT molecular complexity index is 693. The van der Waals surface area contributed by atoms with E-state index in [-0.39, 0.29) is 17.7 Å². The van der Waals surface area contributed by atoms with E-state index in [1.807, 2.05) is 0 Å². The number of benzene rings is 1. The van der Waals surface area contributed by atoms with Gasteiger partial charge in [-0.05, 0) is 24.1 Å². The average Bonchev–Trinajstić information content (AvgIpc) is 2.92. The van der Waals surface area contributed by atoms with Gasteiger partial charge in [-0.3, -0.25) is 9.52 Å². The molecule has 0 aliphatic heterocycles. The first-order valence-electron chi connectivity index (χ1n) is 5.94. The summed E-state index contributed by atoms with van der Waals surface area (Å²) in [6.45, 7) is 0. The molecule has 0 unspecified atom stereocenters. The number of H-pyrrole nitrogens is 1. The van der Waals surface area contributed by atoms with Crippen molar-refractivity contribution >= 4 is 21.7 Å². The van der Waals surface area contributed by atoms with E-state index in [0.29, 0.717) is 11.3 Å². The van der Waals surface area contributed by atoms with Gasteiger partial charge in [-0.25, -0.2) is 8.42 Å². The molecule has 2 rings (SSSR count). The lowest BCUT2D eigenvalue weighted by Crippen LogP contribution is -2.13. The molecule has 1 aromatic heterocycles. The summed E-state index contributed by atoms with van der Waals surface area (Å²) in [7, 11) is -3.66. The Hall–Kier alpha value is -2.28. The second-order valence-corrected chi connectivity index (χ2v) is 5.89. The number of sulfonamides is 1. The lowest BCUT2D eigenvalue weighted by atomic mass is 10.1. The van der Waals surface area contributed by atoms with E-state index in [1.54, 1.807) is 24.3 Å². The molecule has 0 fully saturated rings. The van der Waals surface area contributed by atoms with Crippen LogP contribution in [0.2, 0.25) is 0 Å². The predicted octanol–water partition coefficient (Wildman–Crippen LogP) is 1.83. The van der Waals surface area contributed by atoms with Crippen molar-refractivity contribution in [3.63, 3.8) is 0 Å². The van der Waals surface area contributed by atoms with Crippen LogP contribution < -0.4 is 4.72 Å². The fourth-order valence-corrected chi connectivity index (χ4v) is 2.84. The van der Waals surface area contributed by atoms with Gasteiger partial charge in [0.05, 0.1) is 5.69 Å². The van der Waals surface area contributed by atoms with Gasteiger partial charge in [-0.15, -0.1) is 0 Å². The second kappa shape index (κ2) is 5.79. The maximum absolute atomic E-state index is 12.1. The van der Waals surface area contributed by atoms with Crippen molar-refractivity contribution in [3.8, 4) is 0 Å². The smallest absolute Gasteiger partial charge is 0.303 e. The van der Waals surface area contributed by atoms with Gasteiger partial charge in [-0.1, -0.05) is 18.2 Å². The third-order valence-electron chi connectivity index (χ3n) is 2.75. The molecule has 7 heteroatoms. The first-order chi connectivity index (χ1) is 9.49. The van der Waals surface area contributed by atoms with Gasteiger partial charge in [0, 0.05) is 18.8 Å². The summed E-state index contributed by atoms with van der Waals surface area (Å²) in [5, 5.41) is 8.71. The standard InChI is InChI=1S/C13H14N2O4S/c16-13(17)6-5-10-3-1-2-4-12(10)15-20(18,19)11-7-8-14-9-11/h1-4,7-9,14-15H,5-6H2,(H,16,17). The van der Waals surface area contributed by atoms with Crippen LogP contribution in [0.4, 0.5) is 5.69 Å². The summed E-state index contributed by atoms with van der Waals surface area (Å²) in [5.41, 5.74) is 1.05. The SMILES string of the molecule is O=C(O)CCc1ccccc1NS(=O)(=O)c1cc[nH]c1. The molecule has 1 aromatic carbocycles. The number of aromatic amines is 1. The minimum atomic E-state index is -3.66. The summed E-state index contributed by atoms with van der Waals surface area (Å²) in [6.07, 6.45) is 3.11. The van der Waals surface area contributed by atoms with Crippen LogP contribution in [0.25, 0.3) is 0 Å². The quantitative estimate of drug-likeness (QED) is 0.756. The minimum Gasteiger partial charge on any atom is -0.481 e. The van der Waals surface area contributed by atoms with Crippen molar-refractivity contribution in [1.82, 2.24) is 4.98 Å². The lowest BCUT2D eigenvalue weighted by molar-refractivity contribution is -0.136. The van der Waals surface area contributed by atoms with Crippen LogP contribution in [0.3, 0.4) is 0 Å². The summed E-state index contributed by atoms with van der Waals surface area (Å²) >= 11 is 0.